The van der Waals surface area contributed by atoms with E-state index in [2.05, 4.69) is 37.9 Å². The van der Waals surface area contributed by atoms with E-state index in [1.165, 1.54) is 6.33 Å². The Balaban J connectivity index is 1.58. The van der Waals surface area contributed by atoms with Crippen molar-refractivity contribution in [2.24, 2.45) is 0 Å². The number of pyridine rings is 1. The van der Waals surface area contributed by atoms with E-state index in [4.69, 9.17) is 5.73 Å². The molecule has 0 aliphatic rings. The SMILES string of the molecule is CCNCc1cn2ncnc(N)c2c1-c1ccc(NC(=O)Nc2cccc(C)n2)cc1. The number of nitrogens with one attached hydrogen (secondary N) is 3. The lowest BCUT2D eigenvalue weighted by Crippen LogP contribution is -2.20. The highest BCUT2D eigenvalue weighted by Gasteiger charge is 2.16. The van der Waals surface area contributed by atoms with Crippen molar-refractivity contribution in [2.45, 2.75) is 20.4 Å². The Labute approximate surface area is 179 Å². The van der Waals surface area contributed by atoms with Gasteiger partial charge in [-0.05, 0) is 48.9 Å². The predicted octanol–water partition coefficient (Wildman–Crippen LogP) is 3.44. The summed E-state index contributed by atoms with van der Waals surface area (Å²) in [5.74, 6) is 0.915. The summed E-state index contributed by atoms with van der Waals surface area (Å²) in [6.45, 7) is 5.46. The quantitative estimate of drug-likeness (QED) is 0.382. The second-order valence-corrected chi connectivity index (χ2v) is 7.07. The Morgan fingerprint density at radius 3 is 2.68 bits per heavy atom. The van der Waals surface area contributed by atoms with Crippen LogP contribution in [0.5, 0.6) is 0 Å². The number of nitrogen functional groups attached to an aromatic ring is 1. The molecule has 0 fully saturated rings. The summed E-state index contributed by atoms with van der Waals surface area (Å²) < 4.78 is 1.75. The number of fused-ring (bicyclic) bond motifs is 1. The maximum atomic E-state index is 12.3. The highest BCUT2D eigenvalue weighted by molar-refractivity contribution is 5.99. The van der Waals surface area contributed by atoms with Crippen LogP contribution in [0, 0.1) is 6.92 Å². The second-order valence-electron chi connectivity index (χ2n) is 7.07. The fraction of sp³-hybridized carbons (Fsp3) is 0.182. The summed E-state index contributed by atoms with van der Waals surface area (Å²) in [4.78, 5) is 20.7. The van der Waals surface area contributed by atoms with Crippen LogP contribution in [-0.2, 0) is 6.54 Å². The predicted molar refractivity (Wildman–Crippen MR) is 122 cm³/mol. The molecule has 4 rings (SSSR count). The molecule has 2 amide bonds. The fourth-order valence-electron chi connectivity index (χ4n) is 3.41. The summed E-state index contributed by atoms with van der Waals surface area (Å²) in [5.41, 5.74) is 11.4. The number of benzene rings is 1. The number of carbonyl (C=O) groups is 1. The number of hydrogen-bond donors (Lipinski definition) is 4. The maximum Gasteiger partial charge on any atom is 0.324 e. The van der Waals surface area contributed by atoms with Crippen molar-refractivity contribution < 1.29 is 4.79 Å². The molecular formula is C22H24N8O. The van der Waals surface area contributed by atoms with Gasteiger partial charge in [0, 0.05) is 29.7 Å². The number of nitrogens with zero attached hydrogens (tertiary/aromatic N) is 4. The first-order chi connectivity index (χ1) is 15.0. The molecule has 5 N–H and O–H groups in total. The molecule has 1 aromatic carbocycles. The number of nitrogens with two attached hydrogens (primary N) is 1. The van der Waals surface area contributed by atoms with Crippen molar-refractivity contribution in [3.05, 3.63) is 66.2 Å². The monoisotopic (exact) mass is 416 g/mol. The van der Waals surface area contributed by atoms with Gasteiger partial charge >= 0.3 is 6.03 Å². The van der Waals surface area contributed by atoms with Crippen molar-refractivity contribution in [1.29, 1.82) is 0 Å². The van der Waals surface area contributed by atoms with E-state index in [1.807, 2.05) is 49.5 Å². The molecule has 158 valence electrons. The summed E-state index contributed by atoms with van der Waals surface area (Å²) in [5, 5.41) is 13.2. The van der Waals surface area contributed by atoms with Crippen LogP contribution in [0.15, 0.2) is 55.0 Å². The summed E-state index contributed by atoms with van der Waals surface area (Å²) >= 11 is 0. The average Bonchev–Trinajstić information content (AvgIpc) is 3.12. The Morgan fingerprint density at radius 2 is 1.94 bits per heavy atom. The van der Waals surface area contributed by atoms with Crippen LogP contribution in [0.2, 0.25) is 0 Å². The van der Waals surface area contributed by atoms with Gasteiger partial charge in [0.1, 0.15) is 17.7 Å². The van der Waals surface area contributed by atoms with E-state index in [9.17, 15) is 4.79 Å². The molecule has 0 aliphatic carbocycles. The Kier molecular flexibility index (Phi) is 5.76. The third-order valence-electron chi connectivity index (χ3n) is 4.81. The minimum absolute atomic E-state index is 0.356. The van der Waals surface area contributed by atoms with Crippen LogP contribution < -0.4 is 21.7 Å². The van der Waals surface area contributed by atoms with E-state index in [0.717, 1.165) is 34.4 Å². The zero-order valence-electron chi connectivity index (χ0n) is 17.4. The van der Waals surface area contributed by atoms with Crippen molar-refractivity contribution in [3.63, 3.8) is 0 Å². The van der Waals surface area contributed by atoms with Crippen LogP contribution in [-0.4, -0.2) is 32.2 Å². The Morgan fingerprint density at radius 1 is 1.13 bits per heavy atom. The zero-order valence-corrected chi connectivity index (χ0v) is 17.4. The fourth-order valence-corrected chi connectivity index (χ4v) is 3.41. The summed E-state index contributed by atoms with van der Waals surface area (Å²) in [7, 11) is 0. The van der Waals surface area contributed by atoms with Crippen LogP contribution in [0.4, 0.5) is 22.1 Å². The largest absolute Gasteiger partial charge is 0.382 e. The highest BCUT2D eigenvalue weighted by Crippen LogP contribution is 2.33. The van der Waals surface area contributed by atoms with Gasteiger partial charge in [-0.3, -0.25) is 5.32 Å². The second kappa shape index (κ2) is 8.80. The molecule has 0 saturated carbocycles. The minimum atomic E-state index is -0.356. The molecule has 0 spiro atoms. The normalized spacial score (nSPS) is 10.9. The van der Waals surface area contributed by atoms with Crippen LogP contribution >= 0.6 is 0 Å². The number of aromatic nitrogens is 4. The van der Waals surface area contributed by atoms with Crippen molar-refractivity contribution >= 4 is 28.9 Å². The first kappa shape index (κ1) is 20.3. The minimum Gasteiger partial charge on any atom is -0.382 e. The molecule has 9 nitrogen and oxygen atoms in total. The first-order valence-corrected chi connectivity index (χ1v) is 9.98. The highest BCUT2D eigenvalue weighted by atomic mass is 16.2. The molecule has 0 radical (unpaired) electrons. The molecule has 0 atom stereocenters. The summed E-state index contributed by atoms with van der Waals surface area (Å²) in [6, 6.07) is 12.7. The van der Waals surface area contributed by atoms with Crippen LogP contribution in [0.1, 0.15) is 18.2 Å². The third-order valence-corrected chi connectivity index (χ3v) is 4.81. The topological polar surface area (TPSA) is 122 Å². The molecule has 4 aromatic rings. The van der Waals surface area contributed by atoms with Crippen molar-refractivity contribution in [1.82, 2.24) is 24.9 Å². The molecule has 3 heterocycles. The number of urea groups is 1. The van der Waals surface area contributed by atoms with Gasteiger partial charge in [0.05, 0.1) is 0 Å². The van der Waals surface area contributed by atoms with Gasteiger partial charge in [-0.15, -0.1) is 0 Å². The van der Waals surface area contributed by atoms with E-state index < -0.39 is 0 Å². The molecule has 0 unspecified atom stereocenters. The lowest BCUT2D eigenvalue weighted by Gasteiger charge is -2.10. The standard InChI is InChI=1S/C22H24N8O/c1-3-24-11-16-12-30-20(21(23)25-13-26-30)19(16)15-7-9-17(10-8-15)28-22(31)29-18-6-4-5-14(2)27-18/h4-10,12-13,24H,3,11H2,1-2H3,(H2,23,25,26)(H2,27,28,29,31). The van der Waals surface area contributed by atoms with Gasteiger partial charge < -0.3 is 16.4 Å². The maximum absolute atomic E-state index is 12.3. The Bertz CT molecular complexity index is 1220. The van der Waals surface area contributed by atoms with Crippen molar-refractivity contribution in [3.8, 4) is 11.1 Å². The van der Waals surface area contributed by atoms with Gasteiger partial charge in [-0.25, -0.2) is 19.3 Å². The number of carbonyl (C=O) groups excluding carboxylic acids is 1. The lowest BCUT2D eigenvalue weighted by atomic mass is 10.0. The van der Waals surface area contributed by atoms with Gasteiger partial charge in [0.25, 0.3) is 0 Å². The number of rotatable bonds is 6. The van der Waals surface area contributed by atoms with E-state index in [-0.39, 0.29) is 6.03 Å². The van der Waals surface area contributed by atoms with E-state index in [0.29, 0.717) is 23.9 Å². The van der Waals surface area contributed by atoms with Gasteiger partial charge in [0.2, 0.25) is 0 Å². The van der Waals surface area contributed by atoms with Crippen LogP contribution in [0.25, 0.3) is 16.6 Å². The third kappa shape index (κ3) is 4.46. The molecule has 31 heavy (non-hydrogen) atoms. The molecular weight excluding hydrogens is 392 g/mol. The van der Waals surface area contributed by atoms with Crippen molar-refractivity contribution in [2.75, 3.05) is 22.9 Å². The molecule has 3 aromatic heterocycles. The van der Waals surface area contributed by atoms with Gasteiger partial charge in [0.15, 0.2) is 5.82 Å². The molecule has 9 heteroatoms. The number of hydrogen-bond acceptors (Lipinski definition) is 6. The molecule has 0 bridgehead atoms. The lowest BCUT2D eigenvalue weighted by molar-refractivity contribution is 0.262. The van der Waals surface area contributed by atoms with Gasteiger partial charge in [-0.1, -0.05) is 25.1 Å². The first-order valence-electron chi connectivity index (χ1n) is 9.98. The van der Waals surface area contributed by atoms with Crippen LogP contribution in [0.3, 0.4) is 0 Å². The average molecular weight is 416 g/mol. The van der Waals surface area contributed by atoms with E-state index >= 15 is 0 Å². The Hall–Kier alpha value is -3.98. The molecule has 0 saturated heterocycles. The smallest absolute Gasteiger partial charge is 0.324 e. The zero-order chi connectivity index (χ0) is 21.8. The number of anilines is 3. The van der Waals surface area contributed by atoms with Gasteiger partial charge in [-0.2, -0.15) is 5.10 Å². The molecule has 0 aliphatic heterocycles. The number of aryl methyl sites for hydroxylation is 1. The number of amides is 2. The summed E-state index contributed by atoms with van der Waals surface area (Å²) in [6.07, 6.45) is 3.40. The van der Waals surface area contributed by atoms with E-state index in [1.54, 1.807) is 10.6 Å².